The molecule has 3 aromatic carbocycles. The lowest BCUT2D eigenvalue weighted by molar-refractivity contribution is -0.116. The molecule has 0 amide bonds. The molecule has 1 aliphatic rings. The summed E-state index contributed by atoms with van der Waals surface area (Å²) in [4.78, 5) is 12.4. The average Bonchev–Trinajstić information content (AvgIpc) is 2.89. The molecule has 1 aliphatic carbocycles. The van der Waals surface area contributed by atoms with Crippen molar-refractivity contribution in [3.63, 3.8) is 0 Å². The van der Waals surface area contributed by atoms with Gasteiger partial charge in [-0.2, -0.15) is 0 Å². The fourth-order valence-electron chi connectivity index (χ4n) is 5.13. The lowest BCUT2D eigenvalue weighted by atomic mass is 9.72. The molecule has 1 nitrogen and oxygen atoms in total. The van der Waals surface area contributed by atoms with Crippen molar-refractivity contribution in [1.29, 1.82) is 0 Å². The molecule has 0 bridgehead atoms. The number of allylic oxidation sites excluding steroid dienone is 6. The number of Topliss-reactive ketones (excluding diaryl/α,β-unsaturated/α-hetero) is 1. The Labute approximate surface area is 211 Å². The van der Waals surface area contributed by atoms with Crippen molar-refractivity contribution in [3.05, 3.63) is 126 Å². The molecule has 178 valence electrons. The summed E-state index contributed by atoms with van der Waals surface area (Å²) in [6.45, 7) is 8.66. The van der Waals surface area contributed by atoms with E-state index in [2.05, 4.69) is 130 Å². The van der Waals surface area contributed by atoms with E-state index in [1.807, 2.05) is 6.92 Å². The predicted octanol–water partition coefficient (Wildman–Crippen LogP) is 7.19. The van der Waals surface area contributed by atoms with Crippen LogP contribution in [0.25, 0.3) is 0 Å². The van der Waals surface area contributed by atoms with Crippen LogP contribution in [0.1, 0.15) is 40.5 Å². The van der Waals surface area contributed by atoms with Crippen LogP contribution in [-0.4, -0.2) is 11.9 Å². The minimum absolute atomic E-state index is 0.0314. The van der Waals surface area contributed by atoms with E-state index in [0.29, 0.717) is 6.42 Å². The highest BCUT2D eigenvalue weighted by Crippen LogP contribution is 2.55. The SMILES string of the molecule is CC1=C(/C=C/C(C)=C/C[P+](c2ccccc2)(c2ccccc2)c2ccccc2)C(C)(C)CCC1=O. The molecule has 0 spiro atoms. The second-order valence-corrected chi connectivity index (χ2v) is 13.7. The van der Waals surface area contributed by atoms with Gasteiger partial charge in [0.05, 0.1) is 6.16 Å². The van der Waals surface area contributed by atoms with E-state index >= 15 is 0 Å². The Morgan fingerprint density at radius 2 is 1.29 bits per heavy atom. The molecule has 0 unspecified atom stereocenters. The molecule has 0 aromatic heterocycles. The van der Waals surface area contributed by atoms with Gasteiger partial charge in [-0.1, -0.05) is 86.2 Å². The summed E-state index contributed by atoms with van der Waals surface area (Å²) in [7, 11) is -1.89. The van der Waals surface area contributed by atoms with Gasteiger partial charge in [-0.05, 0) is 79.3 Å². The maximum Gasteiger partial charge on any atom is 0.158 e. The summed E-state index contributed by atoms with van der Waals surface area (Å²) in [6.07, 6.45) is 9.30. The van der Waals surface area contributed by atoms with Crippen LogP contribution in [0.3, 0.4) is 0 Å². The Kier molecular flexibility index (Phi) is 7.68. The van der Waals surface area contributed by atoms with Gasteiger partial charge in [0.25, 0.3) is 0 Å². The molecule has 0 saturated heterocycles. The average molecular weight is 480 g/mol. The van der Waals surface area contributed by atoms with Crippen molar-refractivity contribution in [2.75, 3.05) is 6.16 Å². The Bertz CT molecular complexity index is 1150. The lowest BCUT2D eigenvalue weighted by Gasteiger charge is -2.32. The topological polar surface area (TPSA) is 17.1 Å². The number of ketones is 1. The number of rotatable bonds is 7. The second-order valence-electron chi connectivity index (χ2n) is 10.1. The van der Waals surface area contributed by atoms with Gasteiger partial charge in [0.2, 0.25) is 0 Å². The van der Waals surface area contributed by atoms with Crippen molar-refractivity contribution in [2.45, 2.75) is 40.5 Å². The van der Waals surface area contributed by atoms with Gasteiger partial charge in [0, 0.05) is 6.42 Å². The summed E-state index contributed by atoms with van der Waals surface area (Å²) >= 11 is 0. The largest absolute Gasteiger partial charge is 0.295 e. The molecule has 0 fully saturated rings. The van der Waals surface area contributed by atoms with Crippen molar-refractivity contribution >= 4 is 29.0 Å². The van der Waals surface area contributed by atoms with Crippen molar-refractivity contribution in [3.8, 4) is 0 Å². The highest BCUT2D eigenvalue weighted by atomic mass is 31.2. The zero-order chi connectivity index (χ0) is 24.9. The van der Waals surface area contributed by atoms with Crippen LogP contribution in [0, 0.1) is 5.41 Å². The highest BCUT2D eigenvalue weighted by Gasteiger charge is 2.44. The Balaban J connectivity index is 1.78. The minimum atomic E-state index is -1.89. The van der Waals surface area contributed by atoms with E-state index < -0.39 is 7.26 Å². The van der Waals surface area contributed by atoms with Gasteiger partial charge >= 0.3 is 0 Å². The molecule has 0 N–H and O–H groups in total. The molecule has 0 radical (unpaired) electrons. The normalized spacial score (nSPS) is 16.7. The van der Waals surface area contributed by atoms with Crippen LogP contribution in [0.2, 0.25) is 0 Å². The van der Waals surface area contributed by atoms with Crippen LogP contribution in [0.4, 0.5) is 0 Å². The number of carbonyl (C=O) groups is 1. The van der Waals surface area contributed by atoms with Gasteiger partial charge in [0.15, 0.2) is 5.78 Å². The third-order valence-corrected chi connectivity index (χ3v) is 11.6. The van der Waals surface area contributed by atoms with Crippen LogP contribution in [0.15, 0.2) is 126 Å². The van der Waals surface area contributed by atoms with Crippen molar-refractivity contribution < 1.29 is 4.79 Å². The van der Waals surface area contributed by atoms with Gasteiger partial charge in [-0.15, -0.1) is 0 Å². The van der Waals surface area contributed by atoms with Gasteiger partial charge in [-0.3, -0.25) is 4.79 Å². The molecule has 2 heteroatoms. The Hall–Kier alpha value is -3.02. The Morgan fingerprint density at radius 3 is 1.74 bits per heavy atom. The molecule has 0 aliphatic heterocycles. The van der Waals surface area contributed by atoms with Crippen LogP contribution in [-0.2, 0) is 4.79 Å². The van der Waals surface area contributed by atoms with E-state index in [1.54, 1.807) is 0 Å². The third kappa shape index (κ3) is 5.31. The standard InChI is InChI=1S/C33H36OP/c1-26(20-21-31-27(2)32(34)22-24-33(31,3)4)23-25-35(28-14-8-5-9-15-28,29-16-10-6-11-17-29)30-18-12-7-13-19-30/h5-21,23H,22,24-25H2,1-4H3/q+1/b21-20+,26-23+. The van der Waals surface area contributed by atoms with Crippen molar-refractivity contribution in [2.24, 2.45) is 5.41 Å². The molecular weight excluding hydrogens is 443 g/mol. The Morgan fingerprint density at radius 1 is 0.829 bits per heavy atom. The smallest absolute Gasteiger partial charge is 0.158 e. The summed E-state index contributed by atoms with van der Waals surface area (Å²) in [5.74, 6) is 0.285. The molecular formula is C33H36OP+. The fourth-order valence-corrected chi connectivity index (χ4v) is 9.26. The maximum atomic E-state index is 12.4. The lowest BCUT2D eigenvalue weighted by Crippen LogP contribution is -2.33. The zero-order valence-electron chi connectivity index (χ0n) is 21.4. The number of carbonyl (C=O) groups excluding carboxylic acids is 1. The number of hydrogen-bond acceptors (Lipinski definition) is 1. The third-order valence-electron chi connectivity index (χ3n) is 7.32. The minimum Gasteiger partial charge on any atom is -0.295 e. The first-order chi connectivity index (χ1) is 16.8. The summed E-state index contributed by atoms with van der Waals surface area (Å²) in [6, 6.07) is 33.0. The fraction of sp³-hybridized carbons (Fsp3) is 0.242. The molecule has 35 heavy (non-hydrogen) atoms. The van der Waals surface area contributed by atoms with Crippen LogP contribution in [0.5, 0.6) is 0 Å². The van der Waals surface area contributed by atoms with Crippen LogP contribution >= 0.6 is 7.26 Å². The molecule has 4 rings (SSSR count). The van der Waals surface area contributed by atoms with Gasteiger partial charge < -0.3 is 0 Å². The first kappa shape index (κ1) is 25.1. The number of hydrogen-bond donors (Lipinski definition) is 0. The maximum absolute atomic E-state index is 12.4. The monoisotopic (exact) mass is 479 g/mol. The predicted molar refractivity (Wildman–Crippen MR) is 154 cm³/mol. The first-order valence-electron chi connectivity index (χ1n) is 12.5. The van der Waals surface area contributed by atoms with E-state index in [1.165, 1.54) is 27.1 Å². The number of benzene rings is 3. The summed E-state index contributed by atoms with van der Waals surface area (Å²) in [5.41, 5.74) is 3.36. The molecule has 3 aromatic rings. The molecule has 0 heterocycles. The second kappa shape index (κ2) is 10.7. The highest BCUT2D eigenvalue weighted by molar-refractivity contribution is 7.95. The first-order valence-corrected chi connectivity index (χ1v) is 14.5. The molecule has 0 saturated carbocycles. The van der Waals surface area contributed by atoms with E-state index in [4.69, 9.17) is 0 Å². The van der Waals surface area contributed by atoms with Crippen LogP contribution < -0.4 is 15.9 Å². The molecule has 0 atom stereocenters. The van der Waals surface area contributed by atoms with E-state index in [9.17, 15) is 4.79 Å². The van der Waals surface area contributed by atoms with E-state index in [0.717, 1.165) is 18.2 Å². The zero-order valence-corrected chi connectivity index (χ0v) is 22.3. The van der Waals surface area contributed by atoms with E-state index in [-0.39, 0.29) is 11.2 Å². The van der Waals surface area contributed by atoms with Crippen molar-refractivity contribution in [1.82, 2.24) is 0 Å². The van der Waals surface area contributed by atoms with Gasteiger partial charge in [-0.25, -0.2) is 0 Å². The quantitative estimate of drug-likeness (QED) is 0.259. The summed E-state index contributed by atoms with van der Waals surface area (Å²) < 4.78 is 0. The summed E-state index contributed by atoms with van der Waals surface area (Å²) in [5, 5.41) is 4.17. The van der Waals surface area contributed by atoms with Gasteiger partial charge in [0.1, 0.15) is 23.2 Å².